The summed E-state index contributed by atoms with van der Waals surface area (Å²) in [6.45, 7) is 2.83. The number of halogens is 1. The molecule has 1 aliphatic heterocycles. The van der Waals surface area contributed by atoms with Crippen molar-refractivity contribution in [3.63, 3.8) is 0 Å². The Kier molecular flexibility index (Phi) is 3.26. The van der Waals surface area contributed by atoms with Gasteiger partial charge in [-0.3, -0.25) is 0 Å². The molecule has 1 aliphatic rings. The molecule has 0 aliphatic carbocycles. The van der Waals surface area contributed by atoms with E-state index in [0.717, 1.165) is 25.0 Å². The second-order valence-electron chi connectivity index (χ2n) is 4.71. The molecule has 1 aromatic carbocycles. The minimum absolute atomic E-state index is 0.0724. The molecule has 2 N–H and O–H groups in total. The predicted molar refractivity (Wildman–Crippen MR) is 61.7 cm³/mol. The van der Waals surface area contributed by atoms with Crippen molar-refractivity contribution in [1.29, 1.82) is 0 Å². The van der Waals surface area contributed by atoms with Gasteiger partial charge in [0.15, 0.2) is 0 Å². The van der Waals surface area contributed by atoms with Crippen LogP contribution in [0.15, 0.2) is 24.3 Å². The monoisotopic (exact) mass is 223 g/mol. The molecule has 2 nitrogen and oxygen atoms in total. The molecular formula is C13H18FNO. The Morgan fingerprint density at radius 1 is 1.56 bits per heavy atom. The third-order valence-corrected chi connectivity index (χ3v) is 3.38. The average Bonchev–Trinajstić information content (AvgIpc) is 2.66. The third kappa shape index (κ3) is 2.42. The van der Waals surface area contributed by atoms with Gasteiger partial charge in [-0.25, -0.2) is 4.39 Å². The van der Waals surface area contributed by atoms with Crippen molar-refractivity contribution in [2.24, 2.45) is 5.73 Å². The molecule has 2 unspecified atom stereocenters. The van der Waals surface area contributed by atoms with Crippen LogP contribution in [0.5, 0.6) is 0 Å². The van der Waals surface area contributed by atoms with E-state index in [1.165, 1.54) is 12.1 Å². The summed E-state index contributed by atoms with van der Waals surface area (Å²) in [4.78, 5) is 0. The predicted octanol–water partition coefficient (Wildman–Crippen LogP) is 2.26. The lowest BCUT2D eigenvalue weighted by Crippen LogP contribution is -2.46. The van der Waals surface area contributed by atoms with Gasteiger partial charge in [-0.05, 0) is 43.9 Å². The maximum absolute atomic E-state index is 13.0. The first-order valence-corrected chi connectivity index (χ1v) is 5.74. The fraction of sp³-hybridized carbons (Fsp3) is 0.538. The summed E-state index contributed by atoms with van der Waals surface area (Å²) in [5, 5.41) is 0. The van der Waals surface area contributed by atoms with Crippen LogP contribution in [-0.4, -0.2) is 18.2 Å². The Morgan fingerprint density at radius 2 is 2.38 bits per heavy atom. The minimum Gasteiger partial charge on any atom is -0.374 e. The van der Waals surface area contributed by atoms with Crippen molar-refractivity contribution in [2.45, 2.75) is 37.8 Å². The smallest absolute Gasteiger partial charge is 0.123 e. The molecule has 2 atom stereocenters. The molecule has 0 spiro atoms. The lowest BCUT2D eigenvalue weighted by Gasteiger charge is -2.30. The molecule has 1 heterocycles. The molecule has 0 saturated carbocycles. The molecule has 16 heavy (non-hydrogen) atoms. The number of nitrogens with two attached hydrogens (primary N) is 1. The first-order chi connectivity index (χ1) is 7.60. The zero-order valence-electron chi connectivity index (χ0n) is 9.58. The summed E-state index contributed by atoms with van der Waals surface area (Å²) in [6.07, 6.45) is 2.71. The molecule has 2 rings (SSSR count). The van der Waals surface area contributed by atoms with Crippen LogP contribution in [0.2, 0.25) is 0 Å². The lowest BCUT2D eigenvalue weighted by atomic mass is 9.89. The topological polar surface area (TPSA) is 35.2 Å². The van der Waals surface area contributed by atoms with Gasteiger partial charge in [0.25, 0.3) is 0 Å². The fourth-order valence-corrected chi connectivity index (χ4v) is 2.23. The van der Waals surface area contributed by atoms with E-state index < -0.39 is 0 Å². The highest BCUT2D eigenvalue weighted by atomic mass is 19.1. The molecule has 1 aromatic rings. The molecule has 0 radical (unpaired) electrons. The summed E-state index contributed by atoms with van der Waals surface area (Å²) < 4.78 is 18.7. The van der Waals surface area contributed by atoms with E-state index in [1.54, 1.807) is 6.07 Å². The van der Waals surface area contributed by atoms with Gasteiger partial charge in [0, 0.05) is 12.6 Å². The first-order valence-electron chi connectivity index (χ1n) is 5.74. The normalized spacial score (nSPS) is 26.9. The first kappa shape index (κ1) is 11.6. The average molecular weight is 223 g/mol. The highest BCUT2D eigenvalue weighted by Gasteiger charge is 2.36. The van der Waals surface area contributed by atoms with Crippen LogP contribution in [0.25, 0.3) is 0 Å². The summed E-state index contributed by atoms with van der Waals surface area (Å²) in [5.74, 6) is -0.206. The van der Waals surface area contributed by atoms with Gasteiger partial charge in [0.1, 0.15) is 5.82 Å². The molecule has 1 saturated heterocycles. The van der Waals surface area contributed by atoms with Crippen LogP contribution < -0.4 is 5.73 Å². The zero-order valence-corrected chi connectivity index (χ0v) is 9.58. The molecule has 3 heteroatoms. The van der Waals surface area contributed by atoms with Gasteiger partial charge >= 0.3 is 0 Å². The van der Waals surface area contributed by atoms with Crippen molar-refractivity contribution in [3.8, 4) is 0 Å². The van der Waals surface area contributed by atoms with E-state index in [2.05, 4.69) is 0 Å². The standard InChI is InChI=1S/C13H18FNO/c1-13(6-3-7-16-13)12(15)9-10-4-2-5-11(14)8-10/h2,4-5,8,12H,3,6-7,9,15H2,1H3. The zero-order chi connectivity index (χ0) is 11.6. The molecular weight excluding hydrogens is 205 g/mol. The van der Waals surface area contributed by atoms with Crippen molar-refractivity contribution < 1.29 is 9.13 Å². The van der Waals surface area contributed by atoms with E-state index in [9.17, 15) is 4.39 Å². The number of hydrogen-bond acceptors (Lipinski definition) is 2. The maximum Gasteiger partial charge on any atom is 0.123 e. The lowest BCUT2D eigenvalue weighted by molar-refractivity contribution is -0.000919. The van der Waals surface area contributed by atoms with Gasteiger partial charge in [0.2, 0.25) is 0 Å². The van der Waals surface area contributed by atoms with Crippen molar-refractivity contribution in [3.05, 3.63) is 35.6 Å². The Balaban J connectivity index is 2.04. The second-order valence-corrected chi connectivity index (χ2v) is 4.71. The van der Waals surface area contributed by atoms with Crippen LogP contribution in [0, 0.1) is 5.82 Å². The van der Waals surface area contributed by atoms with Crippen LogP contribution in [0.1, 0.15) is 25.3 Å². The van der Waals surface area contributed by atoms with E-state index in [4.69, 9.17) is 10.5 Å². The van der Waals surface area contributed by atoms with Crippen LogP contribution in [0.3, 0.4) is 0 Å². The Hall–Kier alpha value is -0.930. The molecule has 88 valence electrons. The summed E-state index contributed by atoms with van der Waals surface area (Å²) in [5.41, 5.74) is 6.84. The van der Waals surface area contributed by atoms with Crippen LogP contribution >= 0.6 is 0 Å². The van der Waals surface area contributed by atoms with Crippen molar-refractivity contribution in [2.75, 3.05) is 6.61 Å². The van der Waals surface area contributed by atoms with E-state index >= 15 is 0 Å². The van der Waals surface area contributed by atoms with Crippen LogP contribution in [-0.2, 0) is 11.2 Å². The second kappa shape index (κ2) is 4.52. The fourth-order valence-electron chi connectivity index (χ4n) is 2.23. The van der Waals surface area contributed by atoms with Gasteiger partial charge in [0.05, 0.1) is 5.60 Å². The Labute approximate surface area is 95.6 Å². The largest absolute Gasteiger partial charge is 0.374 e. The molecule has 1 fully saturated rings. The maximum atomic E-state index is 13.0. The van der Waals surface area contributed by atoms with Gasteiger partial charge < -0.3 is 10.5 Å². The van der Waals surface area contributed by atoms with Gasteiger partial charge in [-0.1, -0.05) is 12.1 Å². The Morgan fingerprint density at radius 3 is 3.00 bits per heavy atom. The minimum atomic E-state index is -0.244. The Bertz CT molecular complexity index is 361. The highest BCUT2D eigenvalue weighted by molar-refractivity contribution is 5.18. The SMILES string of the molecule is CC1(C(N)Cc2cccc(F)c2)CCCO1. The van der Waals surface area contributed by atoms with Crippen LogP contribution in [0.4, 0.5) is 4.39 Å². The van der Waals surface area contributed by atoms with Crippen molar-refractivity contribution >= 4 is 0 Å². The summed E-state index contributed by atoms with van der Waals surface area (Å²) in [6, 6.07) is 6.54. The quantitative estimate of drug-likeness (QED) is 0.853. The van der Waals surface area contributed by atoms with E-state index in [1.807, 2.05) is 13.0 Å². The molecule has 0 amide bonds. The number of ether oxygens (including phenoxy) is 1. The van der Waals surface area contributed by atoms with Gasteiger partial charge in [-0.15, -0.1) is 0 Å². The van der Waals surface area contributed by atoms with E-state index in [-0.39, 0.29) is 17.5 Å². The number of benzene rings is 1. The van der Waals surface area contributed by atoms with E-state index in [0.29, 0.717) is 6.42 Å². The summed E-state index contributed by atoms with van der Waals surface area (Å²) in [7, 11) is 0. The summed E-state index contributed by atoms with van der Waals surface area (Å²) >= 11 is 0. The third-order valence-electron chi connectivity index (χ3n) is 3.38. The molecule has 0 bridgehead atoms. The van der Waals surface area contributed by atoms with Gasteiger partial charge in [-0.2, -0.15) is 0 Å². The van der Waals surface area contributed by atoms with Crippen molar-refractivity contribution in [1.82, 2.24) is 0 Å². The molecule has 0 aromatic heterocycles. The number of hydrogen-bond donors (Lipinski definition) is 1. The number of rotatable bonds is 3. The highest BCUT2D eigenvalue weighted by Crippen LogP contribution is 2.29.